The third kappa shape index (κ3) is 3.90. The summed E-state index contributed by atoms with van der Waals surface area (Å²) >= 11 is 6.21. The van der Waals surface area contributed by atoms with Gasteiger partial charge in [-0.15, -0.1) is 0 Å². The van der Waals surface area contributed by atoms with E-state index in [0.717, 1.165) is 25.7 Å². The van der Waals surface area contributed by atoms with E-state index in [9.17, 15) is 9.59 Å². The summed E-state index contributed by atoms with van der Waals surface area (Å²) in [6, 6.07) is 3.55. The van der Waals surface area contributed by atoms with Gasteiger partial charge in [0.1, 0.15) is 11.5 Å². The van der Waals surface area contributed by atoms with Crippen LogP contribution in [-0.2, 0) is 9.59 Å². The Hall–Kier alpha value is -1.95. The molecule has 142 valence electrons. The summed E-state index contributed by atoms with van der Waals surface area (Å²) in [6.07, 6.45) is 5.80. The van der Waals surface area contributed by atoms with Crippen molar-refractivity contribution in [3.05, 3.63) is 17.2 Å². The quantitative estimate of drug-likeness (QED) is 0.852. The molecule has 1 aromatic rings. The lowest BCUT2D eigenvalue weighted by molar-refractivity contribution is -0.127. The molecule has 2 amide bonds. The number of rotatable bonds is 5. The van der Waals surface area contributed by atoms with E-state index in [2.05, 4.69) is 5.32 Å². The third-order valence-electron chi connectivity index (χ3n) is 5.19. The van der Waals surface area contributed by atoms with Crippen molar-refractivity contribution in [2.24, 2.45) is 5.92 Å². The number of halogens is 1. The van der Waals surface area contributed by atoms with E-state index in [-0.39, 0.29) is 30.2 Å². The largest absolute Gasteiger partial charge is 0.495 e. The van der Waals surface area contributed by atoms with Gasteiger partial charge in [0.2, 0.25) is 11.8 Å². The summed E-state index contributed by atoms with van der Waals surface area (Å²) in [5.41, 5.74) is 0.566. The average molecular weight is 381 g/mol. The maximum Gasteiger partial charge on any atom is 0.227 e. The van der Waals surface area contributed by atoms with Crippen molar-refractivity contribution in [1.82, 2.24) is 5.32 Å². The van der Waals surface area contributed by atoms with E-state index in [0.29, 0.717) is 28.8 Å². The van der Waals surface area contributed by atoms with Crippen molar-refractivity contribution in [1.29, 1.82) is 0 Å². The fourth-order valence-electron chi connectivity index (χ4n) is 3.74. The molecule has 7 heteroatoms. The second-order valence-corrected chi connectivity index (χ2v) is 7.31. The zero-order valence-corrected chi connectivity index (χ0v) is 16.0. The van der Waals surface area contributed by atoms with Gasteiger partial charge in [-0.2, -0.15) is 0 Å². The number of amides is 2. The molecule has 1 atom stereocenters. The topological polar surface area (TPSA) is 67.9 Å². The molecule has 2 fully saturated rings. The number of carbonyl (C=O) groups excluding carboxylic acids is 2. The molecule has 0 aromatic heterocycles. The van der Waals surface area contributed by atoms with Crippen LogP contribution in [0.5, 0.6) is 11.5 Å². The first kappa shape index (κ1) is 18.8. The minimum atomic E-state index is -0.352. The van der Waals surface area contributed by atoms with Crippen LogP contribution < -0.4 is 19.7 Å². The van der Waals surface area contributed by atoms with E-state index in [1.54, 1.807) is 17.0 Å². The summed E-state index contributed by atoms with van der Waals surface area (Å²) < 4.78 is 10.6. The molecule has 1 heterocycles. The van der Waals surface area contributed by atoms with Crippen LogP contribution in [0.15, 0.2) is 12.1 Å². The number of carbonyl (C=O) groups is 2. The molecule has 6 nitrogen and oxygen atoms in total. The zero-order valence-electron chi connectivity index (χ0n) is 15.2. The van der Waals surface area contributed by atoms with Crippen LogP contribution >= 0.6 is 11.6 Å². The van der Waals surface area contributed by atoms with E-state index in [4.69, 9.17) is 21.1 Å². The highest BCUT2D eigenvalue weighted by atomic mass is 35.5. The molecule has 1 unspecified atom stereocenters. The molecule has 1 saturated carbocycles. The molecule has 2 aliphatic rings. The van der Waals surface area contributed by atoms with Crippen molar-refractivity contribution in [3.8, 4) is 11.5 Å². The molecule has 26 heavy (non-hydrogen) atoms. The van der Waals surface area contributed by atoms with Gasteiger partial charge in [-0.25, -0.2) is 0 Å². The summed E-state index contributed by atoms with van der Waals surface area (Å²) in [5, 5.41) is 3.51. The van der Waals surface area contributed by atoms with E-state index in [1.165, 1.54) is 20.6 Å². The molecule has 0 spiro atoms. The molecule has 3 rings (SSSR count). The van der Waals surface area contributed by atoms with Crippen molar-refractivity contribution < 1.29 is 19.1 Å². The molecular weight excluding hydrogens is 356 g/mol. The predicted molar refractivity (Wildman–Crippen MR) is 100 cm³/mol. The normalized spacial score (nSPS) is 21.0. The second kappa shape index (κ2) is 8.16. The standard InChI is InChI=1S/C19H25ClN2O4/c1-25-16-10-17(26-2)15(9-14(16)20)22-11-12(8-18(22)23)19(24)21-13-6-4-3-5-7-13/h9-10,12-13H,3-8,11H2,1-2H3,(H,21,24). The monoisotopic (exact) mass is 380 g/mol. The Bertz CT molecular complexity index is 688. The Kier molecular flexibility index (Phi) is 5.91. The Morgan fingerprint density at radius 2 is 1.85 bits per heavy atom. The molecule has 1 aliphatic heterocycles. The lowest BCUT2D eigenvalue weighted by Gasteiger charge is -2.24. The molecule has 1 aliphatic carbocycles. The Morgan fingerprint density at radius 3 is 2.50 bits per heavy atom. The highest BCUT2D eigenvalue weighted by Crippen LogP contribution is 2.40. The predicted octanol–water partition coefficient (Wildman–Crippen LogP) is 3.16. The Labute approximate surface area is 158 Å². The number of methoxy groups -OCH3 is 2. The van der Waals surface area contributed by atoms with Crippen LogP contribution in [-0.4, -0.2) is 38.6 Å². The van der Waals surface area contributed by atoms with E-state index >= 15 is 0 Å². The Balaban J connectivity index is 1.73. The number of hydrogen-bond acceptors (Lipinski definition) is 4. The number of nitrogens with zero attached hydrogens (tertiary/aromatic N) is 1. The lowest BCUT2D eigenvalue weighted by atomic mass is 9.95. The van der Waals surface area contributed by atoms with Crippen LogP contribution in [0.3, 0.4) is 0 Å². The van der Waals surface area contributed by atoms with Crippen molar-refractivity contribution in [2.45, 2.75) is 44.6 Å². The highest BCUT2D eigenvalue weighted by molar-refractivity contribution is 6.32. The van der Waals surface area contributed by atoms with Gasteiger partial charge < -0.3 is 19.7 Å². The highest BCUT2D eigenvalue weighted by Gasteiger charge is 2.37. The van der Waals surface area contributed by atoms with Crippen LogP contribution in [0, 0.1) is 5.92 Å². The van der Waals surface area contributed by atoms with Crippen LogP contribution in [0.4, 0.5) is 5.69 Å². The number of nitrogens with one attached hydrogen (secondary N) is 1. The van der Waals surface area contributed by atoms with Gasteiger partial charge in [0, 0.05) is 25.1 Å². The Morgan fingerprint density at radius 1 is 1.15 bits per heavy atom. The molecule has 1 saturated heterocycles. The molecule has 1 N–H and O–H groups in total. The third-order valence-corrected chi connectivity index (χ3v) is 5.49. The molecule has 1 aromatic carbocycles. The first-order valence-corrected chi connectivity index (χ1v) is 9.43. The average Bonchev–Trinajstić information content (AvgIpc) is 3.04. The van der Waals surface area contributed by atoms with Crippen LogP contribution in [0.25, 0.3) is 0 Å². The summed E-state index contributed by atoms with van der Waals surface area (Å²) in [5.74, 6) is 0.480. The minimum Gasteiger partial charge on any atom is -0.495 e. The van der Waals surface area contributed by atoms with Gasteiger partial charge >= 0.3 is 0 Å². The lowest BCUT2D eigenvalue weighted by Crippen LogP contribution is -2.40. The van der Waals surface area contributed by atoms with Gasteiger partial charge in [-0.3, -0.25) is 9.59 Å². The van der Waals surface area contributed by atoms with Gasteiger partial charge in [0.05, 0.1) is 30.8 Å². The van der Waals surface area contributed by atoms with Gasteiger partial charge in [-0.05, 0) is 18.9 Å². The van der Waals surface area contributed by atoms with Crippen molar-refractivity contribution >= 4 is 29.1 Å². The maximum absolute atomic E-state index is 12.6. The molecular formula is C19H25ClN2O4. The number of hydrogen-bond donors (Lipinski definition) is 1. The van der Waals surface area contributed by atoms with Crippen molar-refractivity contribution in [3.63, 3.8) is 0 Å². The first-order chi connectivity index (χ1) is 12.5. The maximum atomic E-state index is 12.6. The van der Waals surface area contributed by atoms with E-state index < -0.39 is 0 Å². The smallest absolute Gasteiger partial charge is 0.227 e. The minimum absolute atomic E-state index is 0.0358. The molecule has 0 bridgehead atoms. The molecule has 0 radical (unpaired) electrons. The van der Waals surface area contributed by atoms with E-state index in [1.807, 2.05) is 0 Å². The summed E-state index contributed by atoms with van der Waals surface area (Å²) in [6.45, 7) is 0.330. The zero-order chi connectivity index (χ0) is 18.7. The summed E-state index contributed by atoms with van der Waals surface area (Å²) in [4.78, 5) is 26.7. The van der Waals surface area contributed by atoms with Gasteiger partial charge in [0.15, 0.2) is 0 Å². The fraction of sp³-hybridized carbons (Fsp3) is 0.579. The first-order valence-electron chi connectivity index (χ1n) is 9.05. The summed E-state index contributed by atoms with van der Waals surface area (Å²) in [7, 11) is 3.05. The number of benzene rings is 1. The van der Waals surface area contributed by atoms with Crippen LogP contribution in [0.1, 0.15) is 38.5 Å². The van der Waals surface area contributed by atoms with Crippen LogP contribution in [0.2, 0.25) is 5.02 Å². The second-order valence-electron chi connectivity index (χ2n) is 6.91. The van der Waals surface area contributed by atoms with Crippen molar-refractivity contribution in [2.75, 3.05) is 25.7 Å². The number of ether oxygens (including phenoxy) is 2. The number of anilines is 1. The van der Waals surface area contributed by atoms with Gasteiger partial charge in [0.25, 0.3) is 0 Å². The fourth-order valence-corrected chi connectivity index (χ4v) is 3.97. The SMILES string of the molecule is COc1cc(OC)c(N2CC(C(=O)NC3CCCCC3)CC2=O)cc1Cl. The van der Waals surface area contributed by atoms with Gasteiger partial charge in [-0.1, -0.05) is 30.9 Å².